The van der Waals surface area contributed by atoms with E-state index in [0.717, 1.165) is 39.3 Å². The first kappa shape index (κ1) is 10.9. The zero-order valence-electron chi connectivity index (χ0n) is 8.24. The van der Waals surface area contributed by atoms with Crippen LogP contribution in [0, 0.1) is 0 Å². The number of rotatable bonds is 5. The first-order chi connectivity index (χ1) is 6.38. The van der Waals surface area contributed by atoms with E-state index in [9.17, 15) is 0 Å². The maximum Gasteiger partial charge on any atom is 0.0623 e. The summed E-state index contributed by atoms with van der Waals surface area (Å²) in [6.07, 6.45) is 0.795. The van der Waals surface area contributed by atoms with Gasteiger partial charge in [0, 0.05) is 32.8 Å². The van der Waals surface area contributed by atoms with Crippen LogP contribution in [0.1, 0.15) is 6.42 Å². The molecule has 4 nitrogen and oxygen atoms in total. The van der Waals surface area contributed by atoms with Gasteiger partial charge in [-0.15, -0.1) is 0 Å². The van der Waals surface area contributed by atoms with Gasteiger partial charge in [-0.2, -0.15) is 0 Å². The Labute approximate surface area is 79.4 Å². The molecule has 0 bridgehead atoms. The normalized spacial score (nSPS) is 24.9. The molecule has 78 valence electrons. The van der Waals surface area contributed by atoms with Gasteiger partial charge in [0.05, 0.1) is 19.8 Å². The summed E-state index contributed by atoms with van der Waals surface area (Å²) in [5, 5.41) is 8.85. The molecule has 1 saturated heterocycles. The second-order valence-corrected chi connectivity index (χ2v) is 3.27. The number of hydrogen-bond donors (Lipinski definition) is 1. The maximum atomic E-state index is 8.85. The highest BCUT2D eigenvalue weighted by Gasteiger charge is 2.21. The van der Waals surface area contributed by atoms with E-state index in [2.05, 4.69) is 4.90 Å². The van der Waals surface area contributed by atoms with E-state index in [1.807, 2.05) is 0 Å². The lowest BCUT2D eigenvalue weighted by Gasteiger charge is -2.35. The van der Waals surface area contributed by atoms with Crippen LogP contribution >= 0.6 is 0 Å². The summed E-state index contributed by atoms with van der Waals surface area (Å²) in [5.74, 6) is 0. The van der Waals surface area contributed by atoms with Gasteiger partial charge < -0.3 is 14.6 Å². The molecule has 0 aromatic rings. The average Bonchev–Trinajstić information content (AvgIpc) is 2.17. The van der Waals surface area contributed by atoms with Gasteiger partial charge in [-0.25, -0.2) is 0 Å². The van der Waals surface area contributed by atoms with Crippen LogP contribution in [0.5, 0.6) is 0 Å². The molecule has 0 amide bonds. The summed E-state index contributed by atoms with van der Waals surface area (Å²) in [4.78, 5) is 2.32. The SMILES string of the molecule is COCCN1CCOCC1CCO. The fourth-order valence-corrected chi connectivity index (χ4v) is 1.61. The quantitative estimate of drug-likeness (QED) is 0.645. The van der Waals surface area contributed by atoms with E-state index < -0.39 is 0 Å². The summed E-state index contributed by atoms with van der Waals surface area (Å²) in [6, 6.07) is 0.369. The average molecular weight is 189 g/mol. The lowest BCUT2D eigenvalue weighted by atomic mass is 10.1. The van der Waals surface area contributed by atoms with Crippen molar-refractivity contribution in [3.05, 3.63) is 0 Å². The summed E-state index contributed by atoms with van der Waals surface area (Å²) in [6.45, 7) is 4.41. The van der Waals surface area contributed by atoms with E-state index in [4.69, 9.17) is 14.6 Å². The highest BCUT2D eigenvalue weighted by Crippen LogP contribution is 2.09. The first-order valence-corrected chi connectivity index (χ1v) is 4.80. The second-order valence-electron chi connectivity index (χ2n) is 3.27. The monoisotopic (exact) mass is 189 g/mol. The molecule has 1 fully saturated rings. The second kappa shape index (κ2) is 6.32. The fourth-order valence-electron chi connectivity index (χ4n) is 1.61. The number of hydrogen-bond acceptors (Lipinski definition) is 4. The topological polar surface area (TPSA) is 41.9 Å². The third-order valence-electron chi connectivity index (χ3n) is 2.39. The Morgan fingerprint density at radius 2 is 2.46 bits per heavy atom. The molecule has 1 atom stereocenters. The minimum Gasteiger partial charge on any atom is -0.396 e. The van der Waals surface area contributed by atoms with Crippen LogP contribution < -0.4 is 0 Å². The predicted octanol–water partition coefficient (Wildman–Crippen LogP) is -0.284. The Bertz CT molecular complexity index is 130. The molecule has 1 aliphatic heterocycles. The summed E-state index contributed by atoms with van der Waals surface area (Å²) in [7, 11) is 1.71. The molecule has 0 radical (unpaired) electrons. The van der Waals surface area contributed by atoms with Gasteiger partial charge in [0.1, 0.15) is 0 Å². The number of aliphatic hydroxyl groups is 1. The van der Waals surface area contributed by atoms with Crippen LogP contribution in [0.2, 0.25) is 0 Å². The summed E-state index contributed by atoms with van der Waals surface area (Å²) >= 11 is 0. The summed E-state index contributed by atoms with van der Waals surface area (Å²) < 4.78 is 10.4. The van der Waals surface area contributed by atoms with Gasteiger partial charge in [-0.3, -0.25) is 4.90 Å². The molecule has 0 aromatic heterocycles. The summed E-state index contributed by atoms with van der Waals surface area (Å²) in [5.41, 5.74) is 0. The molecule has 0 spiro atoms. The Kier molecular flexibility index (Phi) is 5.31. The van der Waals surface area contributed by atoms with Gasteiger partial charge in [0.15, 0.2) is 0 Å². The van der Waals surface area contributed by atoms with Crippen molar-refractivity contribution in [1.29, 1.82) is 0 Å². The number of nitrogens with zero attached hydrogens (tertiary/aromatic N) is 1. The van der Waals surface area contributed by atoms with E-state index in [0.29, 0.717) is 6.04 Å². The van der Waals surface area contributed by atoms with Crippen molar-refractivity contribution in [2.45, 2.75) is 12.5 Å². The molecular formula is C9H19NO3. The number of morpholine rings is 1. The zero-order valence-corrected chi connectivity index (χ0v) is 8.24. The van der Waals surface area contributed by atoms with Crippen molar-refractivity contribution in [2.75, 3.05) is 46.6 Å². The van der Waals surface area contributed by atoms with Crippen LogP contribution in [-0.4, -0.2) is 62.7 Å². The van der Waals surface area contributed by atoms with Gasteiger partial charge in [0.2, 0.25) is 0 Å². The zero-order chi connectivity index (χ0) is 9.52. The van der Waals surface area contributed by atoms with Crippen LogP contribution in [-0.2, 0) is 9.47 Å². The van der Waals surface area contributed by atoms with Crippen LogP contribution in [0.25, 0.3) is 0 Å². The molecule has 0 aromatic carbocycles. The molecule has 1 aliphatic rings. The lowest BCUT2D eigenvalue weighted by Crippen LogP contribution is -2.47. The molecule has 0 aliphatic carbocycles. The van der Waals surface area contributed by atoms with Crippen molar-refractivity contribution in [2.24, 2.45) is 0 Å². The van der Waals surface area contributed by atoms with Gasteiger partial charge >= 0.3 is 0 Å². The van der Waals surface area contributed by atoms with Crippen LogP contribution in [0.3, 0.4) is 0 Å². The fraction of sp³-hybridized carbons (Fsp3) is 1.00. The van der Waals surface area contributed by atoms with Gasteiger partial charge in [-0.1, -0.05) is 0 Å². The van der Waals surface area contributed by atoms with E-state index >= 15 is 0 Å². The lowest BCUT2D eigenvalue weighted by molar-refractivity contribution is -0.0239. The third kappa shape index (κ3) is 3.60. The number of aliphatic hydroxyl groups excluding tert-OH is 1. The third-order valence-corrected chi connectivity index (χ3v) is 2.39. The van der Waals surface area contributed by atoms with Crippen molar-refractivity contribution in [3.8, 4) is 0 Å². The maximum absolute atomic E-state index is 8.85. The predicted molar refractivity (Wildman–Crippen MR) is 49.8 cm³/mol. The van der Waals surface area contributed by atoms with Gasteiger partial charge in [0.25, 0.3) is 0 Å². The van der Waals surface area contributed by atoms with Crippen LogP contribution in [0.15, 0.2) is 0 Å². The highest BCUT2D eigenvalue weighted by atomic mass is 16.5. The molecule has 13 heavy (non-hydrogen) atoms. The standard InChI is InChI=1S/C9H19NO3/c1-12-6-3-10-4-7-13-8-9(10)2-5-11/h9,11H,2-8H2,1H3. The Morgan fingerprint density at radius 3 is 3.15 bits per heavy atom. The van der Waals surface area contributed by atoms with E-state index in [-0.39, 0.29) is 6.61 Å². The minimum absolute atomic E-state index is 0.234. The van der Waals surface area contributed by atoms with Crippen molar-refractivity contribution in [1.82, 2.24) is 4.90 Å². The van der Waals surface area contributed by atoms with Crippen molar-refractivity contribution >= 4 is 0 Å². The van der Waals surface area contributed by atoms with E-state index in [1.54, 1.807) is 7.11 Å². The van der Waals surface area contributed by atoms with Gasteiger partial charge in [-0.05, 0) is 6.42 Å². The molecule has 1 unspecified atom stereocenters. The molecule has 1 N–H and O–H groups in total. The number of methoxy groups -OCH3 is 1. The largest absolute Gasteiger partial charge is 0.396 e. The number of ether oxygens (including phenoxy) is 2. The molecule has 1 rings (SSSR count). The molecule has 1 heterocycles. The van der Waals surface area contributed by atoms with Crippen LogP contribution in [0.4, 0.5) is 0 Å². The Morgan fingerprint density at radius 1 is 1.62 bits per heavy atom. The Hall–Kier alpha value is -0.160. The molecular weight excluding hydrogens is 170 g/mol. The van der Waals surface area contributed by atoms with Crippen molar-refractivity contribution in [3.63, 3.8) is 0 Å². The van der Waals surface area contributed by atoms with Crippen molar-refractivity contribution < 1.29 is 14.6 Å². The minimum atomic E-state index is 0.234. The molecule has 0 saturated carbocycles. The first-order valence-electron chi connectivity index (χ1n) is 4.80. The Balaban J connectivity index is 2.28. The molecule has 4 heteroatoms. The van der Waals surface area contributed by atoms with E-state index in [1.165, 1.54) is 0 Å². The highest BCUT2D eigenvalue weighted by molar-refractivity contribution is 4.74. The smallest absolute Gasteiger partial charge is 0.0623 e.